The summed E-state index contributed by atoms with van der Waals surface area (Å²) in [5.74, 6) is -3.80. The highest BCUT2D eigenvalue weighted by atomic mass is 19.2. The van der Waals surface area contributed by atoms with E-state index in [1.807, 2.05) is 0 Å². The summed E-state index contributed by atoms with van der Waals surface area (Å²) >= 11 is 0. The van der Waals surface area contributed by atoms with E-state index in [0.717, 1.165) is 6.07 Å². The van der Waals surface area contributed by atoms with Gasteiger partial charge in [0, 0.05) is 35.7 Å². The third-order valence-corrected chi connectivity index (χ3v) is 5.18. The van der Waals surface area contributed by atoms with Gasteiger partial charge >= 0.3 is 5.97 Å². The summed E-state index contributed by atoms with van der Waals surface area (Å²) in [6.45, 7) is 3.04. The largest absolute Gasteiger partial charge is 0.463 e. The molecule has 162 valence electrons. The Balaban J connectivity index is 2.04. The first kappa shape index (κ1) is 22.1. The van der Waals surface area contributed by atoms with Crippen LogP contribution in [0.2, 0.25) is 0 Å². The molecule has 0 radical (unpaired) electrons. The van der Waals surface area contributed by atoms with Gasteiger partial charge in [0.05, 0.1) is 23.6 Å². The van der Waals surface area contributed by atoms with Crippen LogP contribution in [-0.4, -0.2) is 28.3 Å². The number of benzene rings is 2. The summed E-state index contributed by atoms with van der Waals surface area (Å²) in [6, 6.07) is 9.26. The van der Waals surface area contributed by atoms with E-state index in [1.54, 1.807) is 13.8 Å². The molecule has 2 aromatic rings. The van der Waals surface area contributed by atoms with E-state index < -0.39 is 34.4 Å². The highest BCUT2D eigenvalue weighted by Crippen LogP contribution is 2.38. The molecule has 7 nitrogen and oxygen atoms in total. The predicted molar refractivity (Wildman–Crippen MR) is 107 cm³/mol. The number of nitro benzene ring substituents is 1. The molecular weight excluding hydrogens is 410 g/mol. The van der Waals surface area contributed by atoms with Gasteiger partial charge in [0.15, 0.2) is 11.6 Å². The number of allylic oxidation sites excluding steroid dienone is 1. The number of esters is 1. The van der Waals surface area contributed by atoms with E-state index in [9.17, 15) is 28.5 Å². The minimum Gasteiger partial charge on any atom is -0.463 e. The molecular formula is C22H20F2N2O5. The fourth-order valence-corrected chi connectivity index (χ4v) is 3.63. The molecule has 1 aliphatic rings. The molecule has 0 saturated heterocycles. The lowest BCUT2D eigenvalue weighted by Crippen LogP contribution is -2.38. The minimum atomic E-state index is -1.06. The van der Waals surface area contributed by atoms with Gasteiger partial charge in [-0.15, -0.1) is 0 Å². The van der Waals surface area contributed by atoms with Gasteiger partial charge in [0.25, 0.3) is 5.69 Å². The Morgan fingerprint density at radius 1 is 1.23 bits per heavy atom. The van der Waals surface area contributed by atoms with E-state index in [2.05, 4.69) is 0 Å². The zero-order chi connectivity index (χ0) is 22.7. The third-order valence-electron chi connectivity index (χ3n) is 5.18. The number of ether oxygens (including phenoxy) is 1. The van der Waals surface area contributed by atoms with Gasteiger partial charge < -0.3 is 9.64 Å². The first-order chi connectivity index (χ1) is 14.7. The van der Waals surface area contributed by atoms with Crippen LogP contribution in [0.4, 0.5) is 14.5 Å². The van der Waals surface area contributed by atoms with Crippen LogP contribution in [0.15, 0.2) is 53.7 Å². The fourth-order valence-electron chi connectivity index (χ4n) is 3.63. The molecule has 0 fully saturated rings. The molecule has 3 rings (SSSR count). The molecule has 0 bridgehead atoms. The molecule has 1 heterocycles. The summed E-state index contributed by atoms with van der Waals surface area (Å²) in [5, 5.41) is 10.9. The summed E-state index contributed by atoms with van der Waals surface area (Å²) in [4.78, 5) is 37.2. The molecule has 0 spiro atoms. The maximum atomic E-state index is 14.2. The van der Waals surface area contributed by atoms with Crippen LogP contribution in [0, 0.1) is 21.7 Å². The van der Waals surface area contributed by atoms with Crippen molar-refractivity contribution in [3.05, 3.63) is 86.6 Å². The molecule has 1 atom stereocenters. The topological polar surface area (TPSA) is 89.8 Å². The maximum absolute atomic E-state index is 14.2. The third kappa shape index (κ3) is 4.45. The van der Waals surface area contributed by atoms with Crippen molar-refractivity contribution >= 4 is 17.6 Å². The number of carbonyl (C=O) groups excluding carboxylic acids is 2. The van der Waals surface area contributed by atoms with Crippen LogP contribution in [0.1, 0.15) is 37.3 Å². The molecule has 0 unspecified atom stereocenters. The first-order valence-electron chi connectivity index (χ1n) is 9.60. The summed E-state index contributed by atoms with van der Waals surface area (Å²) in [5.41, 5.74) is 0.865. The Hall–Kier alpha value is -3.62. The normalized spacial score (nSPS) is 16.5. The van der Waals surface area contributed by atoms with Crippen molar-refractivity contribution in [2.75, 3.05) is 6.61 Å². The number of rotatable bonds is 6. The SMILES string of the molecule is CCOC(=O)C1=C(C)N(Cc2cccc(F)c2F)C(=O)C[C@@H]1c1ccc([N+](=O)[O-])cc1. The summed E-state index contributed by atoms with van der Waals surface area (Å²) < 4.78 is 32.9. The lowest BCUT2D eigenvalue weighted by Gasteiger charge is -2.34. The number of halogens is 2. The zero-order valence-corrected chi connectivity index (χ0v) is 16.9. The summed E-state index contributed by atoms with van der Waals surface area (Å²) in [6.07, 6.45) is -0.125. The second-order valence-corrected chi connectivity index (χ2v) is 7.02. The Kier molecular flexibility index (Phi) is 6.43. The molecule has 1 amide bonds. The van der Waals surface area contributed by atoms with Crippen LogP contribution in [0.25, 0.3) is 0 Å². The van der Waals surface area contributed by atoms with Gasteiger partial charge in [0.2, 0.25) is 5.91 Å². The number of carbonyl (C=O) groups is 2. The number of nitrogens with zero attached hydrogens (tertiary/aromatic N) is 2. The molecule has 9 heteroatoms. The smallest absolute Gasteiger partial charge is 0.336 e. The predicted octanol–water partition coefficient (Wildman–Crippen LogP) is 4.23. The Bertz CT molecular complexity index is 1070. The lowest BCUT2D eigenvalue weighted by molar-refractivity contribution is -0.384. The summed E-state index contributed by atoms with van der Waals surface area (Å²) in [7, 11) is 0. The zero-order valence-electron chi connectivity index (χ0n) is 16.9. The number of hydrogen-bond acceptors (Lipinski definition) is 5. The molecule has 1 aliphatic heterocycles. The van der Waals surface area contributed by atoms with Gasteiger partial charge in [0.1, 0.15) is 0 Å². The number of nitro groups is 1. The van der Waals surface area contributed by atoms with Gasteiger partial charge in [-0.25, -0.2) is 13.6 Å². The Morgan fingerprint density at radius 3 is 2.52 bits per heavy atom. The average Bonchev–Trinajstić information content (AvgIpc) is 2.73. The van der Waals surface area contributed by atoms with E-state index in [1.165, 1.54) is 41.3 Å². The molecule has 2 aromatic carbocycles. The minimum absolute atomic E-state index is 0.0234. The molecule has 0 aliphatic carbocycles. The Labute approximate surface area is 177 Å². The van der Waals surface area contributed by atoms with Crippen LogP contribution < -0.4 is 0 Å². The number of hydrogen-bond donors (Lipinski definition) is 0. The average molecular weight is 430 g/mol. The molecule has 31 heavy (non-hydrogen) atoms. The van der Waals surface area contributed by atoms with Gasteiger partial charge in [-0.05, 0) is 25.5 Å². The van der Waals surface area contributed by atoms with Gasteiger partial charge in [-0.3, -0.25) is 14.9 Å². The fraction of sp³-hybridized carbons (Fsp3) is 0.273. The molecule has 0 aromatic heterocycles. The number of non-ortho nitro benzene ring substituents is 1. The van der Waals surface area contributed by atoms with E-state index in [4.69, 9.17) is 4.74 Å². The van der Waals surface area contributed by atoms with Crippen molar-refractivity contribution in [1.29, 1.82) is 0 Å². The molecule has 0 saturated carbocycles. The van der Waals surface area contributed by atoms with Crippen molar-refractivity contribution in [2.24, 2.45) is 0 Å². The second kappa shape index (κ2) is 9.03. The first-order valence-corrected chi connectivity index (χ1v) is 9.60. The van der Waals surface area contributed by atoms with Crippen molar-refractivity contribution < 1.29 is 28.0 Å². The monoisotopic (exact) mass is 430 g/mol. The van der Waals surface area contributed by atoms with Crippen LogP contribution in [0.5, 0.6) is 0 Å². The van der Waals surface area contributed by atoms with Gasteiger partial charge in [-0.1, -0.05) is 24.3 Å². The standard InChI is InChI=1S/C22H20F2N2O5/c1-3-31-22(28)20-13(2)25(12-15-5-4-6-18(23)21(15)24)19(27)11-17(20)14-7-9-16(10-8-14)26(29)30/h4-10,17H,3,11-12H2,1-2H3/t17-/m1/s1. The van der Waals surface area contributed by atoms with Crippen LogP contribution in [-0.2, 0) is 20.9 Å². The molecule has 0 N–H and O–H groups in total. The van der Waals surface area contributed by atoms with E-state index >= 15 is 0 Å². The van der Waals surface area contributed by atoms with Gasteiger partial charge in [-0.2, -0.15) is 0 Å². The Morgan fingerprint density at radius 2 is 1.90 bits per heavy atom. The van der Waals surface area contributed by atoms with Crippen LogP contribution in [0.3, 0.4) is 0 Å². The quantitative estimate of drug-likeness (QED) is 0.389. The highest BCUT2D eigenvalue weighted by molar-refractivity contribution is 5.95. The lowest BCUT2D eigenvalue weighted by atomic mass is 9.83. The van der Waals surface area contributed by atoms with Crippen molar-refractivity contribution in [2.45, 2.75) is 32.7 Å². The highest BCUT2D eigenvalue weighted by Gasteiger charge is 2.37. The van der Waals surface area contributed by atoms with Crippen LogP contribution >= 0.6 is 0 Å². The maximum Gasteiger partial charge on any atom is 0.336 e. The van der Waals surface area contributed by atoms with E-state index in [0.29, 0.717) is 5.56 Å². The van der Waals surface area contributed by atoms with Crippen molar-refractivity contribution in [3.63, 3.8) is 0 Å². The van der Waals surface area contributed by atoms with E-state index in [-0.39, 0.29) is 42.1 Å². The van der Waals surface area contributed by atoms with Crippen molar-refractivity contribution in [3.8, 4) is 0 Å². The number of amides is 1. The second-order valence-electron chi connectivity index (χ2n) is 7.02. The van der Waals surface area contributed by atoms with Crippen molar-refractivity contribution in [1.82, 2.24) is 4.90 Å².